The van der Waals surface area contributed by atoms with Crippen LogP contribution in [-0.2, 0) is 14.3 Å². The van der Waals surface area contributed by atoms with E-state index in [2.05, 4.69) is 5.32 Å². The summed E-state index contributed by atoms with van der Waals surface area (Å²) in [5.41, 5.74) is 3.94. The topological polar surface area (TPSA) is 105 Å². The maximum atomic E-state index is 13.5. The molecule has 0 bridgehead atoms. The predicted octanol–water partition coefficient (Wildman–Crippen LogP) is 4.07. The molecular weight excluding hydrogens is 465 g/mol. The number of hydrogen-bond acceptors (Lipinski definition) is 4. The fourth-order valence-electron chi connectivity index (χ4n) is 4.90. The third-order valence-electron chi connectivity index (χ3n) is 6.67. The van der Waals surface area contributed by atoms with E-state index in [0.29, 0.717) is 6.42 Å². The zero-order valence-electron chi connectivity index (χ0n) is 18.7. The van der Waals surface area contributed by atoms with E-state index in [1.54, 1.807) is 0 Å². The van der Waals surface area contributed by atoms with E-state index < -0.39 is 48.6 Å². The van der Waals surface area contributed by atoms with Gasteiger partial charge < -0.3 is 20.5 Å². The van der Waals surface area contributed by atoms with Crippen molar-refractivity contribution in [2.75, 3.05) is 13.2 Å². The number of nitrogens with one attached hydrogen (secondary N) is 2. The van der Waals surface area contributed by atoms with Crippen molar-refractivity contribution in [3.05, 3.63) is 59.7 Å². The van der Waals surface area contributed by atoms with Crippen LogP contribution in [-0.4, -0.2) is 48.4 Å². The number of carboxylic acids is 1. The smallest absolute Gasteiger partial charge is 0.407 e. The summed E-state index contributed by atoms with van der Waals surface area (Å²) in [7, 11) is 0. The van der Waals surface area contributed by atoms with Gasteiger partial charge in [0.2, 0.25) is 5.91 Å². The molecule has 0 spiro atoms. The van der Waals surface area contributed by atoms with Gasteiger partial charge in [-0.15, -0.1) is 0 Å². The highest BCUT2D eigenvalue weighted by molar-refractivity contribution is 5.82. The summed E-state index contributed by atoms with van der Waals surface area (Å²) in [5.74, 6) is -6.24. The van der Waals surface area contributed by atoms with E-state index in [4.69, 9.17) is 4.74 Å². The summed E-state index contributed by atoms with van der Waals surface area (Å²) in [5, 5.41) is 13.4. The van der Waals surface area contributed by atoms with E-state index in [1.165, 1.54) is 0 Å². The summed E-state index contributed by atoms with van der Waals surface area (Å²) in [6.07, 6.45) is -4.94. The Kier molecular flexibility index (Phi) is 7.00. The second-order valence-corrected chi connectivity index (χ2v) is 8.79. The Morgan fingerprint density at radius 1 is 1.00 bits per heavy atom. The number of carbonyl (C=O) groups is 3. The fraction of sp³-hybridized carbons (Fsp3) is 0.400. The number of halogens is 3. The number of alkyl halides is 3. The minimum Gasteiger partial charge on any atom is -0.481 e. The van der Waals surface area contributed by atoms with Gasteiger partial charge in [0.25, 0.3) is 0 Å². The maximum absolute atomic E-state index is 13.5. The van der Waals surface area contributed by atoms with Crippen LogP contribution in [0.15, 0.2) is 48.5 Å². The van der Waals surface area contributed by atoms with Crippen molar-refractivity contribution >= 4 is 18.0 Å². The van der Waals surface area contributed by atoms with Crippen molar-refractivity contribution < 1.29 is 37.4 Å². The van der Waals surface area contributed by atoms with Crippen LogP contribution in [0.4, 0.5) is 18.0 Å². The van der Waals surface area contributed by atoms with E-state index in [1.807, 2.05) is 53.8 Å². The van der Waals surface area contributed by atoms with Gasteiger partial charge in [-0.1, -0.05) is 55.0 Å². The van der Waals surface area contributed by atoms with E-state index >= 15 is 0 Å². The van der Waals surface area contributed by atoms with Crippen LogP contribution >= 0.6 is 0 Å². The molecule has 1 saturated carbocycles. The summed E-state index contributed by atoms with van der Waals surface area (Å²) in [4.78, 5) is 35.9. The van der Waals surface area contributed by atoms with Crippen molar-refractivity contribution in [2.45, 2.75) is 37.4 Å². The normalized spacial score (nSPS) is 20.0. The molecule has 1 fully saturated rings. The monoisotopic (exact) mass is 490 g/mol. The standard InChI is InChI=1S/C25H25F3N2O5/c26-25(27,28)20(22(31)30-21-11-5-10-18(21)23(32)33)12-29-24(34)35-13-19-16-8-3-1-6-14(16)15-7-2-4-9-17(15)19/h1-4,6-9,18-21H,5,10-13H2,(H,29,34)(H,30,31)(H,32,33). The molecule has 2 amide bonds. The van der Waals surface area contributed by atoms with Gasteiger partial charge >= 0.3 is 18.2 Å². The number of aliphatic carboxylic acids is 1. The summed E-state index contributed by atoms with van der Waals surface area (Å²) >= 11 is 0. The van der Waals surface area contributed by atoms with E-state index in [-0.39, 0.29) is 25.4 Å². The lowest BCUT2D eigenvalue weighted by Crippen LogP contribution is -2.50. The maximum Gasteiger partial charge on any atom is 0.407 e. The number of alkyl carbamates (subject to hydrolysis) is 1. The summed E-state index contributed by atoms with van der Waals surface area (Å²) in [6, 6.07) is 14.4. The van der Waals surface area contributed by atoms with Gasteiger partial charge in [0, 0.05) is 18.5 Å². The highest BCUT2D eigenvalue weighted by Gasteiger charge is 2.46. The molecule has 2 aromatic rings. The van der Waals surface area contributed by atoms with Gasteiger partial charge in [0.15, 0.2) is 5.92 Å². The Balaban J connectivity index is 1.36. The number of hydrogen-bond donors (Lipinski definition) is 3. The number of rotatable bonds is 7. The highest BCUT2D eigenvalue weighted by Crippen LogP contribution is 2.44. The molecule has 35 heavy (non-hydrogen) atoms. The quantitative estimate of drug-likeness (QED) is 0.543. The van der Waals surface area contributed by atoms with E-state index in [9.17, 15) is 32.7 Å². The van der Waals surface area contributed by atoms with Crippen LogP contribution in [0.25, 0.3) is 11.1 Å². The minimum atomic E-state index is -4.93. The number of carbonyl (C=O) groups excluding carboxylic acids is 2. The third kappa shape index (κ3) is 5.26. The average molecular weight is 490 g/mol. The largest absolute Gasteiger partial charge is 0.481 e. The van der Waals surface area contributed by atoms with Gasteiger partial charge in [-0.2, -0.15) is 13.2 Å². The van der Waals surface area contributed by atoms with Crippen molar-refractivity contribution in [1.82, 2.24) is 10.6 Å². The lowest BCUT2D eigenvalue weighted by atomic mass is 9.98. The van der Waals surface area contributed by atoms with Gasteiger partial charge in [-0.3, -0.25) is 9.59 Å². The highest BCUT2D eigenvalue weighted by atomic mass is 19.4. The Bertz CT molecular complexity index is 1070. The molecular formula is C25H25F3N2O5. The lowest BCUT2D eigenvalue weighted by molar-refractivity contribution is -0.181. The molecule has 0 aromatic heterocycles. The van der Waals surface area contributed by atoms with Crippen LogP contribution in [0.3, 0.4) is 0 Å². The van der Waals surface area contributed by atoms with Crippen molar-refractivity contribution in [3.8, 4) is 11.1 Å². The van der Waals surface area contributed by atoms with Gasteiger partial charge in [-0.25, -0.2) is 4.79 Å². The molecule has 4 rings (SSSR count). The summed E-state index contributed by atoms with van der Waals surface area (Å²) < 4.78 is 45.9. The molecule has 0 heterocycles. The fourth-order valence-corrected chi connectivity index (χ4v) is 4.90. The first-order valence-electron chi connectivity index (χ1n) is 11.4. The molecule has 2 aliphatic carbocycles. The number of carboxylic acid groups (broad SMARTS) is 1. The molecule has 0 aliphatic heterocycles. The molecule has 3 atom stereocenters. The Hall–Kier alpha value is -3.56. The number of amides is 2. The van der Waals surface area contributed by atoms with Crippen LogP contribution in [0.1, 0.15) is 36.3 Å². The second-order valence-electron chi connectivity index (χ2n) is 8.79. The SMILES string of the molecule is O=C(NCC(C(=O)NC1CCCC1C(=O)O)C(F)(F)F)OCC1c2ccccc2-c2ccccc21. The number of benzene rings is 2. The minimum absolute atomic E-state index is 0.0783. The average Bonchev–Trinajstić information content (AvgIpc) is 3.39. The molecule has 0 saturated heterocycles. The Morgan fingerprint density at radius 2 is 1.60 bits per heavy atom. The van der Waals surface area contributed by atoms with Crippen LogP contribution in [0, 0.1) is 11.8 Å². The molecule has 7 nitrogen and oxygen atoms in total. The first-order chi connectivity index (χ1) is 16.7. The van der Waals surface area contributed by atoms with Gasteiger partial charge in [-0.05, 0) is 35.1 Å². The van der Waals surface area contributed by atoms with Crippen LogP contribution < -0.4 is 10.6 Å². The van der Waals surface area contributed by atoms with Crippen LogP contribution in [0.2, 0.25) is 0 Å². The van der Waals surface area contributed by atoms with Gasteiger partial charge in [0.1, 0.15) is 6.61 Å². The van der Waals surface area contributed by atoms with E-state index in [0.717, 1.165) is 22.3 Å². The zero-order chi connectivity index (χ0) is 25.2. The van der Waals surface area contributed by atoms with Crippen molar-refractivity contribution in [3.63, 3.8) is 0 Å². The molecule has 2 aromatic carbocycles. The first-order valence-corrected chi connectivity index (χ1v) is 11.4. The lowest BCUT2D eigenvalue weighted by Gasteiger charge is -2.24. The van der Waals surface area contributed by atoms with Crippen LogP contribution in [0.5, 0.6) is 0 Å². The van der Waals surface area contributed by atoms with Gasteiger partial charge in [0.05, 0.1) is 5.92 Å². The Labute approximate surface area is 199 Å². The first kappa shape index (κ1) is 24.6. The number of fused-ring (bicyclic) bond motifs is 3. The zero-order valence-corrected chi connectivity index (χ0v) is 18.7. The third-order valence-corrected chi connectivity index (χ3v) is 6.67. The molecule has 10 heteroatoms. The molecule has 2 aliphatic rings. The summed E-state index contributed by atoms with van der Waals surface area (Å²) in [6.45, 7) is -1.10. The number of ether oxygens (including phenoxy) is 1. The van der Waals surface area contributed by atoms with Crippen molar-refractivity contribution in [2.24, 2.45) is 11.8 Å². The van der Waals surface area contributed by atoms with Crippen molar-refractivity contribution in [1.29, 1.82) is 0 Å². The Morgan fingerprint density at radius 3 is 2.17 bits per heavy atom. The molecule has 186 valence electrons. The second kappa shape index (κ2) is 9.97. The molecule has 0 radical (unpaired) electrons. The molecule has 3 unspecified atom stereocenters. The molecule has 3 N–H and O–H groups in total. The predicted molar refractivity (Wildman–Crippen MR) is 120 cm³/mol.